The molecule has 0 bridgehead atoms. The van der Waals surface area contributed by atoms with Gasteiger partial charge in [-0.2, -0.15) is 0 Å². The quantitative estimate of drug-likeness (QED) is 0.845. The van der Waals surface area contributed by atoms with E-state index in [0.717, 1.165) is 24.4 Å². The van der Waals surface area contributed by atoms with Crippen molar-refractivity contribution < 1.29 is 14.6 Å². The molecular weight excluding hydrogens is 256 g/mol. The fourth-order valence-corrected chi connectivity index (χ4v) is 1.80. The molecule has 0 saturated carbocycles. The molecule has 1 aromatic heterocycles. The highest BCUT2D eigenvalue weighted by atomic mass is 16.5. The number of ether oxygens (including phenoxy) is 1. The van der Waals surface area contributed by atoms with E-state index < -0.39 is 5.97 Å². The summed E-state index contributed by atoms with van der Waals surface area (Å²) < 4.78 is 5.10. The molecule has 0 unspecified atom stereocenters. The zero-order chi connectivity index (χ0) is 14.4. The van der Waals surface area contributed by atoms with Crippen LogP contribution in [0.1, 0.15) is 16.1 Å². The van der Waals surface area contributed by atoms with Gasteiger partial charge in [0, 0.05) is 18.4 Å². The van der Waals surface area contributed by atoms with Crippen molar-refractivity contribution in [2.45, 2.75) is 6.42 Å². The van der Waals surface area contributed by atoms with E-state index in [1.54, 1.807) is 13.2 Å². The summed E-state index contributed by atoms with van der Waals surface area (Å²) in [5.74, 6) is -0.189. The Bertz CT molecular complexity index is 582. The fraction of sp³-hybridized carbons (Fsp3) is 0.200. The Balaban J connectivity index is 1.88. The van der Waals surface area contributed by atoms with Crippen LogP contribution in [-0.4, -0.2) is 29.7 Å². The summed E-state index contributed by atoms with van der Waals surface area (Å²) in [4.78, 5) is 14.6. The molecule has 5 heteroatoms. The van der Waals surface area contributed by atoms with Crippen molar-refractivity contribution in [3.05, 3.63) is 53.9 Å². The number of pyridine rings is 1. The lowest BCUT2D eigenvalue weighted by Crippen LogP contribution is -2.07. The van der Waals surface area contributed by atoms with Gasteiger partial charge < -0.3 is 15.2 Å². The molecular formula is C15H16N2O3. The molecule has 0 spiro atoms. The Hall–Kier alpha value is -2.56. The van der Waals surface area contributed by atoms with Gasteiger partial charge >= 0.3 is 5.97 Å². The second kappa shape index (κ2) is 6.56. The van der Waals surface area contributed by atoms with Gasteiger partial charge in [0.1, 0.15) is 11.4 Å². The highest BCUT2D eigenvalue weighted by Gasteiger charge is 2.04. The summed E-state index contributed by atoms with van der Waals surface area (Å²) in [5, 5.41) is 12.0. The molecule has 0 fully saturated rings. The van der Waals surface area contributed by atoms with Crippen LogP contribution in [0.2, 0.25) is 0 Å². The number of aromatic carboxylic acids is 1. The number of rotatable bonds is 6. The molecule has 2 aromatic rings. The summed E-state index contributed by atoms with van der Waals surface area (Å²) in [6.45, 7) is 0.718. The molecule has 0 saturated heterocycles. The van der Waals surface area contributed by atoms with E-state index >= 15 is 0 Å². The third kappa shape index (κ3) is 3.71. The number of hydrogen-bond acceptors (Lipinski definition) is 4. The first-order chi connectivity index (χ1) is 9.69. The molecule has 0 atom stereocenters. The van der Waals surface area contributed by atoms with Gasteiger partial charge in [0.15, 0.2) is 0 Å². The van der Waals surface area contributed by atoms with E-state index in [1.165, 1.54) is 17.8 Å². The van der Waals surface area contributed by atoms with Crippen LogP contribution in [-0.2, 0) is 6.42 Å². The van der Waals surface area contributed by atoms with E-state index in [9.17, 15) is 4.79 Å². The van der Waals surface area contributed by atoms with Gasteiger partial charge in [-0.25, -0.2) is 9.78 Å². The third-order valence-electron chi connectivity index (χ3n) is 2.88. The summed E-state index contributed by atoms with van der Waals surface area (Å²) >= 11 is 0. The molecule has 20 heavy (non-hydrogen) atoms. The van der Waals surface area contributed by atoms with E-state index in [2.05, 4.69) is 10.3 Å². The second-order valence-electron chi connectivity index (χ2n) is 4.26. The predicted molar refractivity (Wildman–Crippen MR) is 76.4 cm³/mol. The minimum Gasteiger partial charge on any atom is -0.497 e. The van der Waals surface area contributed by atoms with Crippen molar-refractivity contribution in [1.29, 1.82) is 0 Å². The molecule has 0 amide bonds. The van der Waals surface area contributed by atoms with Gasteiger partial charge in [0.2, 0.25) is 0 Å². The first-order valence-electron chi connectivity index (χ1n) is 6.25. The lowest BCUT2D eigenvalue weighted by molar-refractivity contribution is 0.0690. The van der Waals surface area contributed by atoms with Crippen LogP contribution < -0.4 is 10.1 Å². The van der Waals surface area contributed by atoms with E-state index in [0.29, 0.717) is 0 Å². The van der Waals surface area contributed by atoms with Crippen LogP contribution >= 0.6 is 0 Å². The van der Waals surface area contributed by atoms with Gasteiger partial charge in [-0.3, -0.25) is 0 Å². The van der Waals surface area contributed by atoms with Crippen LogP contribution in [0.25, 0.3) is 0 Å². The number of methoxy groups -OCH3 is 1. The zero-order valence-corrected chi connectivity index (χ0v) is 11.2. The number of benzene rings is 1. The lowest BCUT2D eigenvalue weighted by Gasteiger charge is -2.07. The summed E-state index contributed by atoms with van der Waals surface area (Å²) in [5.41, 5.74) is 1.98. The zero-order valence-electron chi connectivity index (χ0n) is 11.2. The SMILES string of the molecule is COc1ccc(CCNc2ccnc(C(=O)O)c2)cc1. The third-order valence-corrected chi connectivity index (χ3v) is 2.88. The van der Waals surface area contributed by atoms with Gasteiger partial charge in [-0.05, 0) is 36.2 Å². The average molecular weight is 272 g/mol. The van der Waals surface area contributed by atoms with Crippen LogP contribution in [0.3, 0.4) is 0 Å². The Morgan fingerprint density at radius 2 is 2.05 bits per heavy atom. The Morgan fingerprint density at radius 3 is 2.70 bits per heavy atom. The number of nitrogens with zero attached hydrogens (tertiary/aromatic N) is 1. The van der Waals surface area contributed by atoms with Crippen LogP contribution in [0.5, 0.6) is 5.75 Å². The molecule has 0 aliphatic rings. The Morgan fingerprint density at radius 1 is 1.30 bits per heavy atom. The number of carboxylic acid groups (broad SMARTS) is 1. The first-order valence-corrected chi connectivity index (χ1v) is 6.25. The maximum atomic E-state index is 10.8. The van der Waals surface area contributed by atoms with Crippen LogP contribution in [0.4, 0.5) is 5.69 Å². The number of anilines is 1. The van der Waals surface area contributed by atoms with E-state index in [4.69, 9.17) is 9.84 Å². The maximum Gasteiger partial charge on any atom is 0.354 e. The lowest BCUT2D eigenvalue weighted by atomic mass is 10.1. The molecule has 2 rings (SSSR count). The van der Waals surface area contributed by atoms with Gasteiger partial charge in [-0.15, -0.1) is 0 Å². The topological polar surface area (TPSA) is 71.5 Å². The number of carbonyl (C=O) groups is 1. The first kappa shape index (κ1) is 13.9. The smallest absolute Gasteiger partial charge is 0.354 e. The summed E-state index contributed by atoms with van der Waals surface area (Å²) in [6.07, 6.45) is 2.33. The summed E-state index contributed by atoms with van der Waals surface area (Å²) in [7, 11) is 1.64. The van der Waals surface area contributed by atoms with Crippen molar-refractivity contribution >= 4 is 11.7 Å². The van der Waals surface area contributed by atoms with Crippen molar-refractivity contribution in [2.24, 2.45) is 0 Å². The Labute approximate surface area is 117 Å². The normalized spacial score (nSPS) is 10.1. The van der Waals surface area contributed by atoms with Crippen molar-refractivity contribution in [3.63, 3.8) is 0 Å². The van der Waals surface area contributed by atoms with Crippen LogP contribution in [0, 0.1) is 0 Å². The molecule has 0 aliphatic carbocycles. The van der Waals surface area contributed by atoms with E-state index in [-0.39, 0.29) is 5.69 Å². The maximum absolute atomic E-state index is 10.8. The minimum atomic E-state index is -1.02. The van der Waals surface area contributed by atoms with E-state index in [1.807, 2.05) is 24.3 Å². The van der Waals surface area contributed by atoms with Crippen LogP contribution in [0.15, 0.2) is 42.6 Å². The van der Waals surface area contributed by atoms with Gasteiger partial charge in [0.25, 0.3) is 0 Å². The number of carboxylic acids is 1. The molecule has 1 heterocycles. The molecule has 1 aromatic carbocycles. The van der Waals surface area contributed by atoms with Gasteiger partial charge in [-0.1, -0.05) is 12.1 Å². The van der Waals surface area contributed by atoms with Crippen molar-refractivity contribution in [3.8, 4) is 5.75 Å². The van der Waals surface area contributed by atoms with Gasteiger partial charge in [0.05, 0.1) is 7.11 Å². The minimum absolute atomic E-state index is 0.0412. The number of hydrogen-bond donors (Lipinski definition) is 2. The average Bonchev–Trinajstić information content (AvgIpc) is 2.48. The number of nitrogens with one attached hydrogen (secondary N) is 1. The standard InChI is InChI=1S/C15H16N2O3/c1-20-13-4-2-11(3-5-13)6-8-16-12-7-9-17-14(10-12)15(18)19/h2-5,7,9-10H,6,8H2,1H3,(H,16,17)(H,18,19). The largest absolute Gasteiger partial charge is 0.497 e. The second-order valence-corrected chi connectivity index (χ2v) is 4.26. The monoisotopic (exact) mass is 272 g/mol. The predicted octanol–water partition coefficient (Wildman–Crippen LogP) is 2.44. The molecule has 104 valence electrons. The summed E-state index contributed by atoms with van der Waals surface area (Å²) in [6, 6.07) is 11.1. The van der Waals surface area contributed by atoms with Crippen molar-refractivity contribution in [2.75, 3.05) is 19.0 Å². The number of aromatic nitrogens is 1. The fourth-order valence-electron chi connectivity index (χ4n) is 1.80. The van der Waals surface area contributed by atoms with Crippen molar-refractivity contribution in [1.82, 2.24) is 4.98 Å². The molecule has 0 radical (unpaired) electrons. The molecule has 2 N–H and O–H groups in total. The molecule has 0 aliphatic heterocycles. The Kier molecular flexibility index (Phi) is 4.55. The highest BCUT2D eigenvalue weighted by Crippen LogP contribution is 2.12. The highest BCUT2D eigenvalue weighted by molar-refractivity contribution is 5.86. The molecule has 5 nitrogen and oxygen atoms in total.